The van der Waals surface area contributed by atoms with E-state index in [1.54, 1.807) is 28.0 Å². The Balaban J connectivity index is 0.000000197. The standard InChI is InChI=1S/C27H23F4N7O2.C19H13F3N2O2.C8H12FN5O.B/c28-24-16-33-26(36-25(24)38-9-11-40-12-10-38)37-34-15-19-3-4-20(14-32-19)35-18-5-8-22(23(13-18)27(29,30)31)17-1-6-21(39)7-2-17;20-19(21,22)18-9-13(24-14-3-4-15(11-25)23-10-14)5-8-17(18)12-1-6-16(26)7-2-12;9-6-5-11-8(13-10)12-7(6)14-1-3-15-4-2-14;/h1-8,13-16,35,39H,9-12H2,(H,33,36,37);1-11,24,26H;5H,1-4,10H2,(H,11,12,13);/b34-15+;;;. The van der Waals surface area contributed by atoms with Crippen LogP contribution in [0.1, 0.15) is 27.3 Å². The highest BCUT2D eigenvalue weighted by Gasteiger charge is 2.35. The molecule has 82 heavy (non-hydrogen) atoms. The number of morpholine rings is 2. The zero-order valence-corrected chi connectivity index (χ0v) is 42.8. The highest BCUT2D eigenvalue weighted by molar-refractivity contribution is 5.79. The van der Waals surface area contributed by atoms with Gasteiger partial charge in [0.25, 0.3) is 0 Å². The van der Waals surface area contributed by atoms with Crippen LogP contribution in [0.15, 0.2) is 139 Å². The summed E-state index contributed by atoms with van der Waals surface area (Å²) in [6.45, 7) is 4.40. The number of carbonyl (C=O) groups is 1. The van der Waals surface area contributed by atoms with E-state index >= 15 is 0 Å². The Kier molecular flexibility index (Phi) is 20.2. The van der Waals surface area contributed by atoms with Crippen molar-refractivity contribution in [3.05, 3.63) is 168 Å². The molecule has 2 aliphatic heterocycles. The molecule has 0 atom stereocenters. The minimum absolute atomic E-state index is 0. The van der Waals surface area contributed by atoms with Crippen LogP contribution in [0.4, 0.5) is 81.4 Å². The Labute approximate surface area is 464 Å². The van der Waals surface area contributed by atoms with Crippen LogP contribution >= 0.6 is 0 Å². The highest BCUT2D eigenvalue weighted by atomic mass is 19.4. The Hall–Kier alpha value is -9.54. The van der Waals surface area contributed by atoms with E-state index in [-0.39, 0.29) is 71.6 Å². The first-order chi connectivity index (χ1) is 38.9. The average molecular weight is 1140 g/mol. The van der Waals surface area contributed by atoms with E-state index in [1.165, 1.54) is 97.5 Å². The first kappa shape index (κ1) is 60.1. The summed E-state index contributed by atoms with van der Waals surface area (Å²) in [4.78, 5) is 38.0. The van der Waals surface area contributed by atoms with Crippen molar-refractivity contribution in [2.75, 3.05) is 83.9 Å². The Morgan fingerprint density at radius 1 is 0.549 bits per heavy atom. The van der Waals surface area contributed by atoms with E-state index in [9.17, 15) is 50.1 Å². The van der Waals surface area contributed by atoms with Crippen molar-refractivity contribution in [1.82, 2.24) is 29.9 Å². The molecule has 4 aromatic heterocycles. The van der Waals surface area contributed by atoms with Gasteiger partial charge in [-0.25, -0.2) is 30.0 Å². The molecule has 2 fully saturated rings. The molecule has 6 heterocycles. The number of pyridine rings is 2. The molecule has 0 amide bonds. The number of nitrogens with one attached hydrogen (secondary N) is 4. The summed E-state index contributed by atoms with van der Waals surface area (Å²) in [7, 11) is 0. The SMILES string of the molecule is NNc1ncc(F)c(N2CCOCC2)n1.O=Cc1ccc(Nc2ccc(-c3ccc(O)cc3)c(C(F)(F)F)c2)cn1.Oc1ccc(-c2ccc(Nc3ccc(/C=N/Nc4ncc(F)c(N5CCOCC5)n4)nc3)cc2C(F)(F)F)cc1.[B]. The minimum Gasteiger partial charge on any atom is -0.508 e. The number of nitrogens with zero attached hydrogens (tertiary/aromatic N) is 9. The number of ether oxygens (including phenoxy) is 2. The fraction of sp³-hybridized carbons (Fsp3) is 0.185. The molecular formula is C54H48BF8N14O5. The number of anilines is 8. The van der Waals surface area contributed by atoms with Gasteiger partial charge in [-0.1, -0.05) is 36.4 Å². The number of hydrazine groups is 1. The fourth-order valence-electron chi connectivity index (χ4n) is 7.93. The summed E-state index contributed by atoms with van der Waals surface area (Å²) in [6.07, 6.45) is -2.17. The second-order valence-corrected chi connectivity index (χ2v) is 17.4. The fourth-order valence-corrected chi connectivity index (χ4v) is 7.93. The van der Waals surface area contributed by atoms with Gasteiger partial charge in [-0.15, -0.1) is 0 Å². The number of alkyl halides is 6. The van der Waals surface area contributed by atoms with Crippen molar-refractivity contribution in [3.63, 3.8) is 0 Å². The van der Waals surface area contributed by atoms with Crippen LogP contribution in [0.2, 0.25) is 0 Å². The van der Waals surface area contributed by atoms with Gasteiger partial charge in [0.05, 0.1) is 85.6 Å². The second kappa shape index (κ2) is 27.6. The lowest BCUT2D eigenvalue weighted by Gasteiger charge is -2.27. The summed E-state index contributed by atoms with van der Waals surface area (Å²) in [5, 5.41) is 28.6. The molecular weight excluding hydrogens is 1090 g/mol. The largest absolute Gasteiger partial charge is 0.508 e. The number of aromatic nitrogens is 6. The topological polar surface area (TPSA) is 246 Å². The number of nitrogen functional groups attached to an aromatic ring is 1. The van der Waals surface area contributed by atoms with Crippen LogP contribution in [0.25, 0.3) is 22.3 Å². The summed E-state index contributed by atoms with van der Waals surface area (Å²) >= 11 is 0. The third kappa shape index (κ3) is 16.3. The van der Waals surface area contributed by atoms with Gasteiger partial charge < -0.3 is 40.1 Å². The summed E-state index contributed by atoms with van der Waals surface area (Å²) in [6, 6.07) is 25.1. The number of hydrazone groups is 1. The molecule has 0 spiro atoms. The summed E-state index contributed by atoms with van der Waals surface area (Å²) < 4.78 is 120. The van der Waals surface area contributed by atoms with Gasteiger partial charge in [0, 0.05) is 46.0 Å². The van der Waals surface area contributed by atoms with Crippen molar-refractivity contribution >= 4 is 67.2 Å². The van der Waals surface area contributed by atoms with E-state index in [0.29, 0.717) is 87.1 Å². The minimum atomic E-state index is -4.59. The molecule has 2 saturated heterocycles. The van der Waals surface area contributed by atoms with Crippen LogP contribution in [0.5, 0.6) is 11.5 Å². The molecule has 0 aliphatic carbocycles. The van der Waals surface area contributed by atoms with Gasteiger partial charge in [0.1, 0.15) is 17.2 Å². The molecule has 2 aliphatic rings. The van der Waals surface area contributed by atoms with E-state index in [4.69, 9.17) is 15.3 Å². The Morgan fingerprint density at radius 3 is 1.37 bits per heavy atom. The number of rotatable bonds is 13. The molecule has 8 N–H and O–H groups in total. The predicted octanol–water partition coefficient (Wildman–Crippen LogP) is 9.81. The van der Waals surface area contributed by atoms with Crippen molar-refractivity contribution in [3.8, 4) is 33.8 Å². The monoisotopic (exact) mass is 1140 g/mol. The second-order valence-electron chi connectivity index (χ2n) is 17.4. The molecule has 4 aromatic carbocycles. The number of benzene rings is 4. The lowest BCUT2D eigenvalue weighted by atomic mass is 9.98. The molecule has 3 radical (unpaired) electrons. The number of phenols is 2. The van der Waals surface area contributed by atoms with Gasteiger partial charge in [-0.3, -0.25) is 20.2 Å². The summed E-state index contributed by atoms with van der Waals surface area (Å²) in [5.74, 6) is 4.85. The van der Waals surface area contributed by atoms with Crippen LogP contribution in [0.3, 0.4) is 0 Å². The quantitative estimate of drug-likeness (QED) is 0.0142. The number of halogens is 8. The van der Waals surface area contributed by atoms with Gasteiger partial charge in [-0.05, 0) is 95.1 Å². The van der Waals surface area contributed by atoms with E-state index in [2.05, 4.69) is 56.5 Å². The van der Waals surface area contributed by atoms with Crippen LogP contribution in [-0.2, 0) is 21.8 Å². The maximum Gasteiger partial charge on any atom is 0.417 e. The first-order valence-corrected chi connectivity index (χ1v) is 24.3. The Bertz CT molecular complexity index is 3410. The molecule has 0 unspecified atom stereocenters. The number of hydrogen-bond donors (Lipinski definition) is 7. The third-order valence-corrected chi connectivity index (χ3v) is 11.8. The molecule has 423 valence electrons. The van der Waals surface area contributed by atoms with Crippen LogP contribution < -0.4 is 37.1 Å². The van der Waals surface area contributed by atoms with Crippen molar-refractivity contribution in [1.29, 1.82) is 0 Å². The molecule has 8 aromatic rings. The summed E-state index contributed by atoms with van der Waals surface area (Å²) in [5.41, 5.74) is 6.07. The average Bonchev–Trinajstić information content (AvgIpc) is 3.56. The molecule has 10 rings (SSSR count). The lowest BCUT2D eigenvalue weighted by molar-refractivity contribution is -0.137. The molecule has 0 bridgehead atoms. The predicted molar refractivity (Wildman–Crippen MR) is 292 cm³/mol. The van der Waals surface area contributed by atoms with Gasteiger partial charge in [0.15, 0.2) is 29.6 Å². The smallest absolute Gasteiger partial charge is 0.417 e. The van der Waals surface area contributed by atoms with E-state index < -0.39 is 35.1 Å². The van der Waals surface area contributed by atoms with Gasteiger partial charge in [0.2, 0.25) is 11.9 Å². The van der Waals surface area contributed by atoms with Gasteiger partial charge in [-0.2, -0.15) is 41.4 Å². The molecule has 19 nitrogen and oxygen atoms in total. The number of nitrogens with two attached hydrogens (primary N) is 1. The third-order valence-electron chi connectivity index (χ3n) is 11.8. The van der Waals surface area contributed by atoms with E-state index in [1.807, 2.05) is 0 Å². The van der Waals surface area contributed by atoms with Crippen LogP contribution in [-0.4, -0.2) is 114 Å². The van der Waals surface area contributed by atoms with Gasteiger partial charge >= 0.3 is 12.4 Å². The molecule has 0 saturated carbocycles. The number of aldehydes is 1. The normalized spacial score (nSPS) is 13.4. The van der Waals surface area contributed by atoms with Crippen molar-refractivity contribution in [2.45, 2.75) is 12.4 Å². The zero-order valence-electron chi connectivity index (χ0n) is 42.8. The Morgan fingerprint density at radius 2 is 0.963 bits per heavy atom. The number of phenolic OH excluding ortho intramolecular Hbond substituents is 2. The van der Waals surface area contributed by atoms with Crippen LogP contribution in [0, 0.1) is 11.6 Å². The number of hydrogen-bond acceptors (Lipinski definition) is 19. The van der Waals surface area contributed by atoms with Crippen molar-refractivity contribution in [2.24, 2.45) is 10.9 Å². The number of aromatic hydroxyl groups is 2. The lowest BCUT2D eigenvalue weighted by Crippen LogP contribution is -2.37. The van der Waals surface area contributed by atoms with E-state index in [0.717, 1.165) is 24.5 Å². The maximum atomic E-state index is 14.2. The first-order valence-electron chi connectivity index (χ1n) is 24.3. The molecule has 28 heteroatoms. The number of carbonyl (C=O) groups excluding carboxylic acids is 1. The highest BCUT2D eigenvalue weighted by Crippen LogP contribution is 2.41. The van der Waals surface area contributed by atoms with Crippen molar-refractivity contribution < 1.29 is 59.6 Å². The maximum absolute atomic E-state index is 14.2. The zero-order chi connectivity index (χ0) is 57.5.